The Bertz CT molecular complexity index is 1620. The zero-order valence-electron chi connectivity index (χ0n) is 24.0. The van der Waals surface area contributed by atoms with Gasteiger partial charge in [-0.05, 0) is 62.3 Å². The van der Waals surface area contributed by atoms with Crippen molar-refractivity contribution in [3.05, 3.63) is 101 Å². The van der Waals surface area contributed by atoms with Gasteiger partial charge >= 0.3 is 5.97 Å². The van der Waals surface area contributed by atoms with Gasteiger partial charge in [-0.1, -0.05) is 71.8 Å². The molecule has 0 radical (unpaired) electrons. The third-order valence-corrected chi connectivity index (χ3v) is 8.66. The molecule has 0 bridgehead atoms. The highest BCUT2D eigenvalue weighted by Crippen LogP contribution is 2.44. The Morgan fingerprint density at radius 3 is 2.05 bits per heavy atom. The fraction of sp³-hybridized carbons (Fsp3) is 0.382. The normalized spacial score (nSPS) is 16.8. The summed E-state index contributed by atoms with van der Waals surface area (Å²) in [6.45, 7) is 6.67. The molecule has 2 heterocycles. The first-order chi connectivity index (χ1) is 19.8. The van der Waals surface area contributed by atoms with Gasteiger partial charge in [-0.25, -0.2) is 0 Å². The van der Waals surface area contributed by atoms with Crippen molar-refractivity contribution in [2.75, 3.05) is 19.7 Å². The minimum Gasteiger partial charge on any atom is -0.463 e. The average Bonchev–Trinajstić information content (AvgIpc) is 3.72. The summed E-state index contributed by atoms with van der Waals surface area (Å²) in [5.41, 5.74) is 7.17. The fourth-order valence-corrected chi connectivity index (χ4v) is 6.08. The lowest BCUT2D eigenvalue weighted by Crippen LogP contribution is -2.52. The summed E-state index contributed by atoms with van der Waals surface area (Å²) in [4.78, 5) is 26.2. The highest BCUT2D eigenvalue weighted by molar-refractivity contribution is 5.80. The smallest absolute Gasteiger partial charge is 0.312 e. The van der Waals surface area contributed by atoms with Crippen molar-refractivity contribution in [3.63, 3.8) is 0 Å². The molecule has 1 N–H and O–H groups in total. The van der Waals surface area contributed by atoms with E-state index in [9.17, 15) is 15.0 Å². The molecular weight excluding hydrogens is 512 g/mol. The predicted octanol–water partition coefficient (Wildman–Crippen LogP) is 5.34. The van der Waals surface area contributed by atoms with E-state index in [0.717, 1.165) is 29.4 Å². The lowest BCUT2D eigenvalue weighted by molar-refractivity contribution is -0.158. The van der Waals surface area contributed by atoms with Gasteiger partial charge in [0, 0.05) is 20.0 Å². The van der Waals surface area contributed by atoms with Gasteiger partial charge in [0.2, 0.25) is 11.5 Å². The van der Waals surface area contributed by atoms with Gasteiger partial charge in [-0.15, -0.1) is 0 Å². The lowest BCUT2D eigenvalue weighted by atomic mass is 10.0. The Labute approximate surface area is 240 Å². The zero-order valence-corrected chi connectivity index (χ0v) is 24.0. The molecule has 1 aromatic heterocycles. The predicted molar refractivity (Wildman–Crippen MR) is 158 cm³/mol. The number of imidazole rings is 1. The molecule has 3 aromatic carbocycles. The van der Waals surface area contributed by atoms with E-state index in [2.05, 4.69) is 83.6 Å². The highest BCUT2D eigenvalue weighted by Gasteiger charge is 2.37. The van der Waals surface area contributed by atoms with E-state index < -0.39 is 0 Å². The van der Waals surface area contributed by atoms with Gasteiger partial charge < -0.3 is 18.8 Å². The second kappa shape index (κ2) is 11.0. The summed E-state index contributed by atoms with van der Waals surface area (Å²) < 4.78 is 10.2. The number of ether oxygens (including phenoxy) is 1. The Morgan fingerprint density at radius 1 is 0.878 bits per heavy atom. The van der Waals surface area contributed by atoms with Gasteiger partial charge in [0.25, 0.3) is 0 Å². The number of benzene rings is 3. The Balaban J connectivity index is 1.39. The molecule has 1 saturated heterocycles. The monoisotopic (exact) mass is 550 g/mol. The third kappa shape index (κ3) is 5.45. The van der Waals surface area contributed by atoms with E-state index in [-0.39, 0.29) is 36.5 Å². The van der Waals surface area contributed by atoms with Crippen LogP contribution in [0.4, 0.5) is 0 Å². The molecule has 6 rings (SSSR count). The number of carbonyl (C=O) groups is 2. The maximum Gasteiger partial charge on any atom is 0.312 e. The van der Waals surface area contributed by atoms with E-state index in [1.165, 1.54) is 23.6 Å². The largest absolute Gasteiger partial charge is 0.463 e. The van der Waals surface area contributed by atoms with Crippen LogP contribution in [0.15, 0.2) is 72.8 Å². The molecule has 7 nitrogen and oxygen atoms in total. The van der Waals surface area contributed by atoms with Gasteiger partial charge in [0.05, 0.1) is 29.0 Å². The molecule has 1 saturated carbocycles. The minimum atomic E-state index is -0.290. The number of hydrogen-bond acceptors (Lipinski definition) is 4. The summed E-state index contributed by atoms with van der Waals surface area (Å²) in [6, 6.07) is 25.2. The number of carbonyl (C=O) groups excluding carboxylic acids is 2. The quantitative estimate of drug-likeness (QED) is 0.286. The van der Waals surface area contributed by atoms with Crippen LogP contribution in [0.3, 0.4) is 0 Å². The number of hydrogen-bond donors (Lipinski definition) is 1. The summed E-state index contributed by atoms with van der Waals surface area (Å²) in [5.74, 6) is -0.0982. The number of nitrogens with one attached hydrogen (secondary N) is 1. The topological polar surface area (TPSA) is 80.3 Å². The fourth-order valence-electron chi connectivity index (χ4n) is 6.08. The first-order valence-electron chi connectivity index (χ1n) is 14.6. The number of nitrogens with zero attached hydrogens (tertiary/aromatic N) is 3. The molecular formula is C34H38N4O3. The van der Waals surface area contributed by atoms with Crippen molar-refractivity contribution in [2.24, 2.45) is 11.8 Å². The molecule has 212 valence electrons. The van der Waals surface area contributed by atoms with Crippen LogP contribution in [-0.2, 0) is 20.7 Å². The lowest BCUT2D eigenvalue weighted by Gasteiger charge is -2.37. The van der Waals surface area contributed by atoms with Crippen LogP contribution in [0, 0.1) is 31.1 Å². The van der Waals surface area contributed by atoms with Crippen LogP contribution in [0.25, 0.3) is 11.0 Å². The summed E-state index contributed by atoms with van der Waals surface area (Å²) in [6.07, 6.45) is 2.92. The molecule has 2 aliphatic rings. The average molecular weight is 551 g/mol. The van der Waals surface area contributed by atoms with E-state index >= 15 is 0 Å². The number of esters is 1. The van der Waals surface area contributed by atoms with Crippen molar-refractivity contribution < 1.29 is 14.3 Å². The number of para-hydroxylation sites is 2. The molecule has 41 heavy (non-hydrogen) atoms. The molecule has 1 aliphatic heterocycles. The maximum absolute atomic E-state index is 13.0. The molecule has 2 atom stereocenters. The zero-order chi connectivity index (χ0) is 28.7. The van der Waals surface area contributed by atoms with Crippen molar-refractivity contribution in [1.29, 1.82) is 5.41 Å². The Morgan fingerprint density at radius 2 is 1.46 bits per heavy atom. The van der Waals surface area contributed by atoms with Crippen molar-refractivity contribution in [3.8, 4) is 0 Å². The summed E-state index contributed by atoms with van der Waals surface area (Å²) >= 11 is 0. The standard InChI is InChI=1S/C34H38N4O3/c1-22-8-12-25(13-9-22)18-29(21-41-33(40)28-19-36(20-28)24(3)39)37-30-6-4-5-7-31(30)38(34(37)35)32(27-16-17-27)26-14-10-23(2)11-15-26/h4-15,27-29,32,35H,16-21H2,1-3H3/t29-,32?/m0/s1. The van der Waals surface area contributed by atoms with Gasteiger partial charge in [-0.2, -0.15) is 0 Å². The van der Waals surface area contributed by atoms with Crippen LogP contribution in [0.5, 0.6) is 0 Å². The van der Waals surface area contributed by atoms with Crippen LogP contribution in [0.2, 0.25) is 0 Å². The van der Waals surface area contributed by atoms with Crippen molar-refractivity contribution >= 4 is 22.9 Å². The van der Waals surface area contributed by atoms with Crippen LogP contribution >= 0.6 is 0 Å². The molecule has 0 spiro atoms. The number of aromatic nitrogens is 2. The van der Waals surface area contributed by atoms with E-state index in [4.69, 9.17) is 4.74 Å². The van der Waals surface area contributed by atoms with Crippen LogP contribution < -0.4 is 5.62 Å². The van der Waals surface area contributed by atoms with Crippen molar-refractivity contribution in [1.82, 2.24) is 14.0 Å². The molecule has 1 amide bonds. The van der Waals surface area contributed by atoms with E-state index in [1.54, 1.807) is 4.90 Å². The Kier molecular flexibility index (Phi) is 7.28. The number of likely N-dealkylation sites (tertiary alicyclic amines) is 1. The van der Waals surface area contributed by atoms with E-state index in [1.807, 2.05) is 12.1 Å². The van der Waals surface area contributed by atoms with Gasteiger partial charge in [0.1, 0.15) is 6.61 Å². The first-order valence-corrected chi connectivity index (χ1v) is 14.6. The van der Waals surface area contributed by atoms with Gasteiger partial charge in [-0.3, -0.25) is 15.0 Å². The van der Waals surface area contributed by atoms with Crippen LogP contribution in [0.1, 0.15) is 54.1 Å². The third-order valence-electron chi connectivity index (χ3n) is 8.66. The molecule has 7 heteroatoms. The van der Waals surface area contributed by atoms with Gasteiger partial charge in [0.15, 0.2) is 0 Å². The highest BCUT2D eigenvalue weighted by atomic mass is 16.5. The second-order valence-electron chi connectivity index (χ2n) is 11.8. The summed E-state index contributed by atoms with van der Waals surface area (Å²) in [5, 5.41) is 9.58. The number of aryl methyl sites for hydroxylation is 2. The first kappa shape index (κ1) is 27.1. The molecule has 1 aliphatic carbocycles. The van der Waals surface area contributed by atoms with Crippen LogP contribution in [-0.4, -0.2) is 45.6 Å². The number of fused-ring (bicyclic) bond motifs is 1. The maximum atomic E-state index is 13.0. The second-order valence-corrected chi connectivity index (χ2v) is 11.8. The molecule has 4 aromatic rings. The molecule has 1 unspecified atom stereocenters. The summed E-state index contributed by atoms with van der Waals surface area (Å²) in [7, 11) is 0. The Hall–Kier alpha value is -4.13. The van der Waals surface area contributed by atoms with Crippen molar-refractivity contribution in [2.45, 2.75) is 52.1 Å². The SMILES string of the molecule is CC(=O)N1CC(C(=O)OC[C@H](Cc2ccc(C)cc2)n2c(=N)n(C(c3ccc(C)cc3)C3CC3)c3ccccc32)C1. The number of rotatable bonds is 9. The minimum absolute atomic E-state index is 0.0210. The molecule has 2 fully saturated rings. The number of amides is 1. The van der Waals surface area contributed by atoms with E-state index in [0.29, 0.717) is 31.0 Å².